The highest BCUT2D eigenvalue weighted by Gasteiger charge is 2.52. The number of hydrogen-bond acceptors (Lipinski definition) is 6. The third-order valence-corrected chi connectivity index (χ3v) is 4.89. The average Bonchev–Trinajstić information content (AvgIpc) is 3.17. The van der Waals surface area contributed by atoms with E-state index in [-0.39, 0.29) is 0 Å². The molecule has 1 fully saturated rings. The van der Waals surface area contributed by atoms with E-state index in [0.29, 0.717) is 18.4 Å². The second-order valence-corrected chi connectivity index (χ2v) is 8.58. The standard InChI is InChI=1S/C12H12F3NO6S2/c1-23(18,19)16-10(17)11(6-7-11)8-2-4-9(5-3-8)22-24(20,21)12(13,14)15/h2-5H,6-7H2,1H3,(H,16,17). The van der Waals surface area contributed by atoms with Crippen LogP contribution in [0.25, 0.3) is 0 Å². The number of halogens is 3. The molecule has 1 aliphatic carbocycles. The van der Waals surface area contributed by atoms with Crippen molar-refractivity contribution in [1.82, 2.24) is 4.72 Å². The van der Waals surface area contributed by atoms with Gasteiger partial charge in [0.25, 0.3) is 0 Å². The molecule has 0 heterocycles. The molecule has 1 saturated carbocycles. The Bertz CT molecular complexity index is 855. The highest BCUT2D eigenvalue weighted by Crippen LogP contribution is 2.48. The molecular formula is C12H12F3NO6S2. The minimum atomic E-state index is -5.78. The number of carbonyl (C=O) groups excluding carboxylic acids is 1. The van der Waals surface area contributed by atoms with Gasteiger partial charge in [0.15, 0.2) is 0 Å². The van der Waals surface area contributed by atoms with Crippen LogP contribution in [0.4, 0.5) is 13.2 Å². The van der Waals surface area contributed by atoms with E-state index in [1.54, 1.807) is 0 Å². The van der Waals surface area contributed by atoms with Crippen molar-refractivity contribution in [3.05, 3.63) is 29.8 Å². The zero-order valence-corrected chi connectivity index (χ0v) is 13.8. The summed E-state index contributed by atoms with van der Waals surface area (Å²) in [5.41, 5.74) is -6.30. The first-order chi connectivity index (χ1) is 10.8. The van der Waals surface area contributed by atoms with Crippen molar-refractivity contribution in [2.24, 2.45) is 0 Å². The van der Waals surface area contributed by atoms with Crippen LogP contribution >= 0.6 is 0 Å². The second-order valence-electron chi connectivity index (χ2n) is 5.29. The molecule has 0 radical (unpaired) electrons. The number of sulfonamides is 1. The largest absolute Gasteiger partial charge is 0.534 e. The fourth-order valence-corrected chi connectivity index (χ4v) is 3.03. The molecular weight excluding hydrogens is 375 g/mol. The Morgan fingerprint density at radius 1 is 1.12 bits per heavy atom. The van der Waals surface area contributed by atoms with Gasteiger partial charge < -0.3 is 4.18 Å². The molecule has 1 amide bonds. The zero-order chi connectivity index (χ0) is 18.4. The molecule has 7 nitrogen and oxygen atoms in total. The number of alkyl halides is 3. The Labute approximate surface area is 136 Å². The lowest BCUT2D eigenvalue weighted by molar-refractivity contribution is -0.121. The molecule has 134 valence electrons. The second kappa shape index (κ2) is 5.62. The molecule has 0 unspecified atom stereocenters. The molecule has 0 saturated heterocycles. The summed E-state index contributed by atoms with van der Waals surface area (Å²) in [6, 6.07) is 4.37. The van der Waals surface area contributed by atoms with E-state index < -0.39 is 42.7 Å². The van der Waals surface area contributed by atoms with E-state index >= 15 is 0 Å². The van der Waals surface area contributed by atoms with Crippen LogP contribution < -0.4 is 8.91 Å². The van der Waals surface area contributed by atoms with Gasteiger partial charge in [-0.05, 0) is 30.5 Å². The first kappa shape index (κ1) is 18.5. The fourth-order valence-electron chi connectivity index (χ4n) is 2.04. The molecule has 12 heteroatoms. The van der Waals surface area contributed by atoms with Gasteiger partial charge in [-0.2, -0.15) is 21.6 Å². The molecule has 1 aromatic carbocycles. The third-order valence-electron chi connectivity index (χ3n) is 3.36. The summed E-state index contributed by atoms with van der Waals surface area (Å²) >= 11 is 0. The summed E-state index contributed by atoms with van der Waals surface area (Å²) in [7, 11) is -9.53. The topological polar surface area (TPSA) is 107 Å². The maximum Gasteiger partial charge on any atom is 0.534 e. The number of hydrogen-bond donors (Lipinski definition) is 1. The van der Waals surface area contributed by atoms with Gasteiger partial charge in [-0.15, -0.1) is 0 Å². The van der Waals surface area contributed by atoms with Crippen molar-refractivity contribution >= 4 is 26.0 Å². The summed E-state index contributed by atoms with van der Waals surface area (Å²) in [6.07, 6.45) is 1.53. The molecule has 0 spiro atoms. The van der Waals surface area contributed by atoms with E-state index in [1.165, 1.54) is 12.1 Å². The SMILES string of the molecule is CS(=O)(=O)NC(=O)C1(c2ccc(OS(=O)(=O)C(F)(F)F)cc2)CC1. The quantitative estimate of drug-likeness (QED) is 0.597. The zero-order valence-electron chi connectivity index (χ0n) is 12.1. The van der Waals surface area contributed by atoms with Crippen molar-refractivity contribution in [2.75, 3.05) is 6.26 Å². The third kappa shape index (κ3) is 3.80. The Morgan fingerprint density at radius 2 is 1.62 bits per heavy atom. The first-order valence-corrected chi connectivity index (χ1v) is 9.70. The van der Waals surface area contributed by atoms with Gasteiger partial charge in [0.1, 0.15) is 5.75 Å². The van der Waals surface area contributed by atoms with Crippen LogP contribution in [0.1, 0.15) is 18.4 Å². The lowest BCUT2D eigenvalue weighted by Gasteiger charge is -2.15. The Morgan fingerprint density at radius 3 is 2.00 bits per heavy atom. The fraction of sp³-hybridized carbons (Fsp3) is 0.417. The van der Waals surface area contributed by atoms with E-state index in [1.807, 2.05) is 4.72 Å². The van der Waals surface area contributed by atoms with Crippen LogP contribution in [0, 0.1) is 0 Å². The smallest absolute Gasteiger partial charge is 0.376 e. The highest BCUT2D eigenvalue weighted by molar-refractivity contribution is 7.89. The van der Waals surface area contributed by atoms with Crippen molar-refractivity contribution in [2.45, 2.75) is 23.8 Å². The molecule has 1 N–H and O–H groups in total. The molecule has 0 aromatic heterocycles. The number of rotatable bonds is 5. The maximum absolute atomic E-state index is 12.2. The summed E-state index contributed by atoms with van der Waals surface area (Å²) in [6.45, 7) is 0. The number of carbonyl (C=O) groups is 1. The predicted molar refractivity (Wildman–Crippen MR) is 75.9 cm³/mol. The van der Waals surface area contributed by atoms with E-state index in [2.05, 4.69) is 4.18 Å². The van der Waals surface area contributed by atoms with Gasteiger partial charge in [0.2, 0.25) is 15.9 Å². The summed E-state index contributed by atoms with van der Waals surface area (Å²) in [4.78, 5) is 12.0. The van der Waals surface area contributed by atoms with E-state index in [0.717, 1.165) is 18.4 Å². The number of amides is 1. The average molecular weight is 387 g/mol. The van der Waals surface area contributed by atoms with Crippen molar-refractivity contribution in [1.29, 1.82) is 0 Å². The highest BCUT2D eigenvalue weighted by atomic mass is 32.2. The van der Waals surface area contributed by atoms with Crippen molar-refractivity contribution < 1.29 is 39.0 Å². The maximum atomic E-state index is 12.2. The minimum absolute atomic E-state index is 0.348. The van der Waals surface area contributed by atoms with E-state index in [9.17, 15) is 34.8 Å². The van der Waals surface area contributed by atoms with Crippen molar-refractivity contribution in [3.63, 3.8) is 0 Å². The number of benzene rings is 1. The van der Waals surface area contributed by atoms with E-state index in [4.69, 9.17) is 0 Å². The van der Waals surface area contributed by atoms with Crippen molar-refractivity contribution in [3.8, 4) is 5.75 Å². The van der Waals surface area contributed by atoms with Crippen LogP contribution in [0.5, 0.6) is 5.75 Å². The first-order valence-electron chi connectivity index (χ1n) is 6.40. The molecule has 24 heavy (non-hydrogen) atoms. The molecule has 0 aliphatic heterocycles. The lowest BCUT2D eigenvalue weighted by atomic mass is 9.95. The van der Waals surface area contributed by atoms with Gasteiger partial charge in [-0.3, -0.25) is 9.52 Å². The Hall–Kier alpha value is -1.82. The Balaban J connectivity index is 2.20. The molecule has 0 bridgehead atoms. The van der Waals surface area contributed by atoms with Crippen LogP contribution in [0.15, 0.2) is 24.3 Å². The lowest BCUT2D eigenvalue weighted by Crippen LogP contribution is -2.38. The summed E-state index contributed by atoms with van der Waals surface area (Å²) < 4.78 is 86.6. The Kier molecular flexibility index (Phi) is 4.34. The molecule has 1 aliphatic rings. The minimum Gasteiger partial charge on any atom is -0.376 e. The van der Waals surface area contributed by atoms with Crippen LogP contribution in [0.3, 0.4) is 0 Å². The van der Waals surface area contributed by atoms with Crippen LogP contribution in [0.2, 0.25) is 0 Å². The van der Waals surface area contributed by atoms with Gasteiger partial charge in [-0.1, -0.05) is 12.1 Å². The van der Waals surface area contributed by atoms with Gasteiger partial charge in [0, 0.05) is 0 Å². The van der Waals surface area contributed by atoms with Gasteiger partial charge >= 0.3 is 15.6 Å². The predicted octanol–water partition coefficient (Wildman–Crippen LogP) is 1.02. The molecule has 1 aromatic rings. The number of nitrogens with one attached hydrogen (secondary N) is 1. The van der Waals surface area contributed by atoms with Gasteiger partial charge in [0.05, 0.1) is 11.7 Å². The van der Waals surface area contributed by atoms with Crippen LogP contribution in [-0.2, 0) is 30.4 Å². The summed E-state index contributed by atoms with van der Waals surface area (Å²) in [5.74, 6) is -1.32. The molecule has 2 rings (SSSR count). The van der Waals surface area contributed by atoms with Crippen LogP contribution in [-0.4, -0.2) is 34.5 Å². The normalized spacial score (nSPS) is 17.2. The molecule has 0 atom stereocenters. The van der Waals surface area contributed by atoms with Gasteiger partial charge in [-0.25, -0.2) is 8.42 Å². The monoisotopic (exact) mass is 387 g/mol. The summed E-state index contributed by atoms with van der Waals surface area (Å²) in [5, 5.41) is 0.